The predicted molar refractivity (Wildman–Crippen MR) is 138 cm³/mol. The molecule has 0 saturated heterocycles. The molecule has 1 amide bonds. The summed E-state index contributed by atoms with van der Waals surface area (Å²) < 4.78 is 147. The van der Waals surface area contributed by atoms with E-state index in [9.17, 15) is 49.1 Å². The van der Waals surface area contributed by atoms with Crippen LogP contribution in [0, 0.1) is 11.6 Å². The number of nitrogens with one attached hydrogen (secondary N) is 1. The van der Waals surface area contributed by atoms with Crippen LogP contribution >= 0.6 is 0 Å². The van der Waals surface area contributed by atoms with Crippen LogP contribution in [0.1, 0.15) is 12.5 Å². The van der Waals surface area contributed by atoms with Gasteiger partial charge in [-0.05, 0) is 48.9 Å². The van der Waals surface area contributed by atoms with Crippen molar-refractivity contribution in [2.45, 2.75) is 35.9 Å². The minimum atomic E-state index is -5.36. The average molecular weight is 655 g/mol. The highest BCUT2D eigenvalue weighted by molar-refractivity contribution is 7.92. The van der Waals surface area contributed by atoms with E-state index in [0.717, 1.165) is 43.5 Å². The van der Waals surface area contributed by atoms with E-state index in [0.29, 0.717) is 16.4 Å². The lowest BCUT2D eigenvalue weighted by Crippen LogP contribution is -2.57. The monoisotopic (exact) mass is 654 g/mol. The number of anilines is 1. The molecule has 1 aliphatic rings. The highest BCUT2D eigenvalue weighted by Crippen LogP contribution is 2.42. The number of alkyl halides is 6. The second-order valence-electron chi connectivity index (χ2n) is 9.73. The third kappa shape index (κ3) is 6.24. The number of sulfonamides is 1. The van der Waals surface area contributed by atoms with E-state index >= 15 is 4.39 Å². The maximum absolute atomic E-state index is 15.0. The van der Waals surface area contributed by atoms with Crippen molar-refractivity contribution >= 4 is 21.6 Å². The number of carbonyl (C=O) groups excluding carboxylic acids is 1. The van der Waals surface area contributed by atoms with Crippen molar-refractivity contribution in [1.29, 1.82) is 0 Å². The minimum absolute atomic E-state index is 0.0973. The Morgan fingerprint density at radius 1 is 1.07 bits per heavy atom. The summed E-state index contributed by atoms with van der Waals surface area (Å²) in [5, 5.41) is 11.4. The van der Waals surface area contributed by atoms with Crippen molar-refractivity contribution in [1.82, 2.24) is 5.32 Å². The Labute approximate surface area is 244 Å². The van der Waals surface area contributed by atoms with Crippen molar-refractivity contribution in [3.05, 3.63) is 71.8 Å². The highest BCUT2D eigenvalue weighted by Gasteiger charge is 2.55. The summed E-state index contributed by atoms with van der Waals surface area (Å²) in [6.07, 6.45) is -11.7. The summed E-state index contributed by atoms with van der Waals surface area (Å²) in [6.45, 7) is -1.35. The molecule has 0 bridgehead atoms. The summed E-state index contributed by atoms with van der Waals surface area (Å²) in [4.78, 5) is 11.3. The first kappa shape index (κ1) is 32.8. The molecule has 0 radical (unpaired) electrons. The molecule has 3 aromatic carbocycles. The van der Waals surface area contributed by atoms with Crippen LogP contribution in [-0.2, 0) is 21.0 Å². The van der Waals surface area contributed by atoms with E-state index in [4.69, 9.17) is 9.47 Å². The largest absolute Gasteiger partial charge is 0.494 e. The first-order valence-electron chi connectivity index (χ1n) is 12.4. The molecule has 8 nitrogen and oxygen atoms in total. The molecular weight excluding hydrogens is 632 g/mol. The number of benzene rings is 3. The maximum Gasteiger partial charge on any atom is 0.426 e. The minimum Gasteiger partial charge on any atom is -0.494 e. The molecule has 44 heavy (non-hydrogen) atoms. The van der Waals surface area contributed by atoms with Gasteiger partial charge in [0.25, 0.3) is 15.9 Å². The number of hydrogen-bond acceptors (Lipinski definition) is 6. The van der Waals surface area contributed by atoms with Gasteiger partial charge in [-0.2, -0.15) is 26.3 Å². The van der Waals surface area contributed by atoms with E-state index in [-0.39, 0.29) is 29.5 Å². The average Bonchev–Trinajstić information content (AvgIpc) is 2.95. The Balaban J connectivity index is 1.80. The fourth-order valence-corrected chi connectivity index (χ4v) is 5.75. The Morgan fingerprint density at radius 3 is 2.36 bits per heavy atom. The van der Waals surface area contributed by atoms with Crippen LogP contribution in [0.4, 0.5) is 40.8 Å². The Hall–Kier alpha value is -4.12. The second kappa shape index (κ2) is 11.4. The fourth-order valence-electron chi connectivity index (χ4n) is 4.20. The zero-order valence-corrected chi connectivity index (χ0v) is 23.4. The highest BCUT2D eigenvalue weighted by atomic mass is 32.2. The lowest BCUT2D eigenvalue weighted by molar-refractivity contribution is -0.245. The van der Waals surface area contributed by atoms with Gasteiger partial charge in [0.2, 0.25) is 5.60 Å². The number of nitrogens with zero attached hydrogens (tertiary/aromatic N) is 1. The van der Waals surface area contributed by atoms with Gasteiger partial charge in [-0.25, -0.2) is 17.2 Å². The van der Waals surface area contributed by atoms with Crippen LogP contribution in [0.15, 0.2) is 59.5 Å². The molecule has 1 heterocycles. The first-order valence-corrected chi connectivity index (χ1v) is 13.8. The number of fused-ring (bicyclic) bond motifs is 1. The van der Waals surface area contributed by atoms with E-state index in [1.807, 2.05) is 5.32 Å². The van der Waals surface area contributed by atoms with Gasteiger partial charge in [0, 0.05) is 11.6 Å². The van der Waals surface area contributed by atoms with Crippen molar-refractivity contribution in [2.24, 2.45) is 0 Å². The lowest BCUT2D eigenvalue weighted by atomic mass is 10.0. The number of rotatable bonds is 7. The Bertz CT molecular complexity index is 1690. The second-order valence-corrected chi connectivity index (χ2v) is 11.6. The summed E-state index contributed by atoms with van der Waals surface area (Å²) in [7, 11) is -3.81. The van der Waals surface area contributed by atoms with Crippen LogP contribution in [0.25, 0.3) is 11.1 Å². The van der Waals surface area contributed by atoms with E-state index in [1.165, 1.54) is 6.07 Å². The molecule has 238 valence electrons. The van der Waals surface area contributed by atoms with E-state index < -0.39 is 80.9 Å². The molecule has 17 heteroatoms. The van der Waals surface area contributed by atoms with Crippen molar-refractivity contribution < 1.29 is 62.9 Å². The van der Waals surface area contributed by atoms with Crippen LogP contribution in [0.5, 0.6) is 11.5 Å². The number of carbonyl (C=O) groups is 1. The summed E-state index contributed by atoms with van der Waals surface area (Å²) in [5.74, 6) is -4.56. The molecule has 3 aromatic rings. The van der Waals surface area contributed by atoms with Crippen molar-refractivity contribution in [2.75, 3.05) is 24.5 Å². The third-order valence-corrected chi connectivity index (χ3v) is 8.44. The molecule has 0 saturated carbocycles. The van der Waals surface area contributed by atoms with Gasteiger partial charge in [-0.3, -0.25) is 9.10 Å². The standard InChI is InChI=1S/C27H22F8N2O6S/c1-25(39,27(33,34)35)24(38)36-12-17-13-37(44(40,41)18-5-3-4-15(9-18)26(30,31)32)20-8-14(6-7-21(20)43-17)19-10-16(28)11-22(42-2)23(19)29/h3-11,17,39H,12-13H2,1-2H3,(H,36,38). The SMILES string of the molecule is COc1cc(F)cc(-c2ccc3c(c2)N(S(=O)(=O)c2cccc(C(F)(F)F)c2)CC(CNC(=O)C(C)(O)C(F)(F)F)O3)c1F. The molecule has 0 aliphatic carbocycles. The molecule has 2 atom stereocenters. The van der Waals surface area contributed by atoms with E-state index in [2.05, 4.69) is 0 Å². The van der Waals surface area contributed by atoms with Gasteiger partial charge in [-0.1, -0.05) is 12.1 Å². The van der Waals surface area contributed by atoms with Gasteiger partial charge in [-0.15, -0.1) is 0 Å². The Kier molecular flexibility index (Phi) is 8.51. The molecule has 0 aromatic heterocycles. The van der Waals surface area contributed by atoms with Gasteiger partial charge in [0.05, 0.1) is 36.3 Å². The molecule has 0 spiro atoms. The number of amides is 1. The lowest BCUT2D eigenvalue weighted by Gasteiger charge is -2.36. The number of halogens is 8. The van der Waals surface area contributed by atoms with Gasteiger partial charge in [0.1, 0.15) is 17.7 Å². The number of ether oxygens (including phenoxy) is 2. The zero-order valence-electron chi connectivity index (χ0n) is 22.6. The van der Waals surface area contributed by atoms with Crippen LogP contribution in [0.3, 0.4) is 0 Å². The molecule has 1 aliphatic heterocycles. The maximum atomic E-state index is 15.0. The number of methoxy groups -OCH3 is 1. The normalized spacial score (nSPS) is 16.9. The summed E-state index contributed by atoms with van der Waals surface area (Å²) in [6, 6.07) is 7.64. The molecular formula is C27H22F8N2O6S. The quantitative estimate of drug-likeness (QED) is 0.346. The van der Waals surface area contributed by atoms with Crippen LogP contribution in [-0.4, -0.2) is 57.5 Å². The van der Waals surface area contributed by atoms with Gasteiger partial charge in [0.15, 0.2) is 11.6 Å². The fraction of sp³-hybridized carbons (Fsp3) is 0.296. The zero-order chi connectivity index (χ0) is 32.8. The molecule has 0 fully saturated rings. The molecule has 2 unspecified atom stereocenters. The van der Waals surface area contributed by atoms with Gasteiger partial charge >= 0.3 is 12.4 Å². The summed E-state index contributed by atoms with van der Waals surface area (Å²) >= 11 is 0. The third-order valence-electron chi connectivity index (χ3n) is 6.66. The molecule has 2 N–H and O–H groups in total. The topological polar surface area (TPSA) is 105 Å². The Morgan fingerprint density at radius 2 is 1.75 bits per heavy atom. The number of aliphatic hydroxyl groups is 1. The smallest absolute Gasteiger partial charge is 0.426 e. The molecule has 4 rings (SSSR count). The van der Waals surface area contributed by atoms with Crippen molar-refractivity contribution in [3.63, 3.8) is 0 Å². The first-order chi connectivity index (χ1) is 20.3. The van der Waals surface area contributed by atoms with Crippen LogP contribution in [0.2, 0.25) is 0 Å². The number of hydrogen-bond donors (Lipinski definition) is 2. The summed E-state index contributed by atoms with van der Waals surface area (Å²) in [5.41, 5.74) is -5.92. The van der Waals surface area contributed by atoms with Crippen LogP contribution < -0.4 is 19.1 Å². The predicted octanol–water partition coefficient (Wildman–Crippen LogP) is 5.05. The van der Waals surface area contributed by atoms with Crippen molar-refractivity contribution in [3.8, 4) is 22.6 Å². The van der Waals surface area contributed by atoms with E-state index in [1.54, 1.807) is 0 Å². The van der Waals surface area contributed by atoms with Gasteiger partial charge < -0.3 is 19.9 Å².